The van der Waals surface area contributed by atoms with Crippen LogP contribution in [0.3, 0.4) is 0 Å². The Morgan fingerprint density at radius 1 is 0.714 bits per heavy atom. The molecule has 0 fully saturated rings. The van der Waals surface area contributed by atoms with Gasteiger partial charge in [0.15, 0.2) is 14.3 Å². The highest BCUT2D eigenvalue weighted by Gasteiger charge is 2.23. The maximum absolute atomic E-state index is 5.40. The van der Waals surface area contributed by atoms with Crippen molar-refractivity contribution in [1.82, 2.24) is 0 Å². The van der Waals surface area contributed by atoms with E-state index in [2.05, 4.69) is 72.8 Å². The van der Waals surface area contributed by atoms with E-state index in [0.717, 1.165) is 5.75 Å². The van der Waals surface area contributed by atoms with Gasteiger partial charge in [-0.3, -0.25) is 0 Å². The molecular weight excluding hydrogens is 276 g/mol. The van der Waals surface area contributed by atoms with Gasteiger partial charge in [0.1, 0.15) is 5.75 Å². The maximum atomic E-state index is 5.40. The van der Waals surface area contributed by atoms with Crippen molar-refractivity contribution in [3.8, 4) is 10.6 Å². The third-order valence-corrected chi connectivity index (χ3v) is 6.12. The van der Waals surface area contributed by atoms with E-state index in [0.29, 0.717) is 0 Å². The molecule has 1 unspecified atom stereocenters. The predicted octanol–water partition coefficient (Wildman–Crippen LogP) is 5.74. The fraction of sp³-hybridized carbons (Fsp3) is 0.0526. The second-order valence-corrected chi connectivity index (χ2v) is 6.94. The largest absolute Gasteiger partial charge is 0.497 e. The topological polar surface area (TPSA) is 9.23 Å². The number of hydrogen-bond donors (Lipinski definition) is 0. The highest BCUT2D eigenvalue weighted by atomic mass is 32.2. The van der Waals surface area contributed by atoms with Crippen molar-refractivity contribution < 1.29 is 4.74 Å². The summed E-state index contributed by atoms with van der Waals surface area (Å²) in [4.78, 5) is 1.37. The van der Waals surface area contributed by atoms with Crippen LogP contribution in [-0.2, 0) is 0 Å². The molecule has 0 aliphatic rings. The Bertz CT molecular complexity index is 922. The van der Waals surface area contributed by atoms with Crippen LogP contribution in [0.2, 0.25) is 0 Å². The lowest BCUT2D eigenvalue weighted by Crippen LogP contribution is -1.80. The summed E-state index contributed by atoms with van der Waals surface area (Å²) in [6.45, 7) is 0. The minimum Gasteiger partial charge on any atom is -0.497 e. The van der Waals surface area contributed by atoms with Gasteiger partial charge in [0.2, 0.25) is 0 Å². The van der Waals surface area contributed by atoms with Gasteiger partial charge in [0.25, 0.3) is 0 Å². The van der Waals surface area contributed by atoms with E-state index in [9.17, 15) is 0 Å². The Balaban J connectivity index is 2.17. The van der Waals surface area contributed by atoms with E-state index in [1.165, 1.54) is 25.1 Å². The van der Waals surface area contributed by atoms with Crippen molar-refractivity contribution in [2.75, 3.05) is 7.11 Å². The summed E-state index contributed by atoms with van der Waals surface area (Å²) in [7, 11) is 1.72. The lowest BCUT2D eigenvalue weighted by Gasteiger charge is -1.97. The van der Waals surface area contributed by atoms with Crippen molar-refractivity contribution in [3.63, 3.8) is 0 Å². The van der Waals surface area contributed by atoms with Crippen LogP contribution in [0.5, 0.6) is 5.75 Å². The van der Waals surface area contributed by atoms with E-state index in [-0.39, 0.29) is 10.5 Å². The Hall–Kier alpha value is -2.32. The fourth-order valence-electron chi connectivity index (χ4n) is 2.82. The molecule has 4 aromatic rings. The summed E-state index contributed by atoms with van der Waals surface area (Å²) < 4.78 is 8.20. The molecule has 4 rings (SSSR count). The van der Waals surface area contributed by atoms with Crippen LogP contribution >= 0.6 is 10.5 Å². The first kappa shape index (κ1) is 12.4. The summed E-state index contributed by atoms with van der Waals surface area (Å²) in [6, 6.07) is 25.9. The second kappa shape index (κ2) is 4.90. The lowest BCUT2D eigenvalue weighted by atomic mass is 10.1. The van der Waals surface area contributed by atoms with E-state index in [4.69, 9.17) is 4.74 Å². The minimum absolute atomic E-state index is 0.00637. The Morgan fingerprint density at radius 3 is 2.24 bits per heavy atom. The molecule has 0 saturated heterocycles. The van der Waals surface area contributed by atoms with Gasteiger partial charge < -0.3 is 4.74 Å². The van der Waals surface area contributed by atoms with Gasteiger partial charge in [-0.1, -0.05) is 30.3 Å². The molecular formula is C19H15OS+. The third kappa shape index (κ3) is 1.91. The van der Waals surface area contributed by atoms with Crippen LogP contribution in [0, 0.1) is 0 Å². The number of hydrogen-bond acceptors (Lipinski definition) is 1. The van der Waals surface area contributed by atoms with Crippen molar-refractivity contribution in [1.29, 1.82) is 0 Å². The first-order valence-corrected chi connectivity index (χ1v) is 8.18. The lowest BCUT2D eigenvalue weighted by molar-refractivity contribution is 0.415. The summed E-state index contributed by atoms with van der Waals surface area (Å²) in [5.41, 5.74) is 0. The summed E-state index contributed by atoms with van der Waals surface area (Å²) in [5.74, 6) is 0.919. The molecule has 0 saturated carbocycles. The zero-order chi connectivity index (χ0) is 14.2. The number of methoxy groups -OCH3 is 1. The van der Waals surface area contributed by atoms with Gasteiger partial charge in [0, 0.05) is 21.9 Å². The van der Waals surface area contributed by atoms with Crippen LogP contribution in [-0.4, -0.2) is 7.11 Å². The molecule has 1 atom stereocenters. The molecule has 1 aromatic heterocycles. The minimum atomic E-state index is -0.00637. The Kier molecular flexibility index (Phi) is 2.90. The summed E-state index contributed by atoms with van der Waals surface area (Å²) in [6.07, 6.45) is 0. The first-order valence-electron chi connectivity index (χ1n) is 6.95. The zero-order valence-electron chi connectivity index (χ0n) is 11.7. The van der Waals surface area contributed by atoms with Crippen molar-refractivity contribution in [3.05, 3.63) is 72.8 Å². The smallest absolute Gasteiger partial charge is 0.188 e. The molecule has 0 radical (unpaired) electrons. The standard InChI is InChI=1S/C19H15OS/c1-20-14-11-12-19-17(13-14)16-9-5-6-10-18(16)21(19)15-7-3-2-4-8-15/h2-13H,1H3/q+1. The van der Waals surface area contributed by atoms with Crippen molar-refractivity contribution in [2.45, 2.75) is 0 Å². The van der Waals surface area contributed by atoms with Gasteiger partial charge in [0.05, 0.1) is 12.5 Å². The molecule has 102 valence electrons. The van der Waals surface area contributed by atoms with E-state index in [1.807, 2.05) is 0 Å². The molecule has 3 aromatic carbocycles. The SMILES string of the molecule is COc1ccc2c(c1)c1ccccc1[s+]2-c1ccccc1. The van der Waals surface area contributed by atoms with Crippen LogP contribution in [0.25, 0.3) is 25.1 Å². The predicted molar refractivity (Wildman–Crippen MR) is 91.8 cm³/mol. The molecule has 2 heteroatoms. The van der Waals surface area contributed by atoms with Crippen molar-refractivity contribution >= 4 is 30.6 Å². The molecule has 1 nitrogen and oxygen atoms in total. The molecule has 0 bridgehead atoms. The van der Waals surface area contributed by atoms with Gasteiger partial charge in [-0.05, 0) is 36.4 Å². The van der Waals surface area contributed by atoms with Crippen LogP contribution in [0.15, 0.2) is 72.8 Å². The molecule has 0 spiro atoms. The number of thiophene rings is 1. The van der Waals surface area contributed by atoms with Crippen LogP contribution in [0.4, 0.5) is 0 Å². The van der Waals surface area contributed by atoms with Gasteiger partial charge in [-0.2, -0.15) is 0 Å². The van der Waals surface area contributed by atoms with Gasteiger partial charge in [-0.25, -0.2) is 0 Å². The van der Waals surface area contributed by atoms with E-state index in [1.54, 1.807) is 7.11 Å². The maximum Gasteiger partial charge on any atom is 0.188 e. The van der Waals surface area contributed by atoms with E-state index < -0.39 is 0 Å². The molecule has 1 heterocycles. The van der Waals surface area contributed by atoms with Crippen molar-refractivity contribution in [2.24, 2.45) is 0 Å². The number of ether oxygens (including phenoxy) is 1. The normalized spacial score (nSPS) is 12.0. The molecule has 21 heavy (non-hydrogen) atoms. The Morgan fingerprint density at radius 2 is 1.43 bits per heavy atom. The highest BCUT2D eigenvalue weighted by Crippen LogP contribution is 2.48. The average Bonchev–Trinajstić information content (AvgIpc) is 2.89. The van der Waals surface area contributed by atoms with Gasteiger partial charge >= 0.3 is 0 Å². The Labute approximate surface area is 126 Å². The molecule has 0 aliphatic heterocycles. The quantitative estimate of drug-likeness (QED) is 0.428. The highest BCUT2D eigenvalue weighted by molar-refractivity contribution is 7.50. The number of rotatable bonds is 2. The van der Waals surface area contributed by atoms with Gasteiger partial charge in [-0.15, -0.1) is 0 Å². The first-order chi connectivity index (χ1) is 10.4. The summed E-state index contributed by atoms with van der Waals surface area (Å²) >= 11 is 0. The molecule has 0 amide bonds. The molecule has 0 N–H and O–H groups in total. The summed E-state index contributed by atoms with van der Waals surface area (Å²) in [5, 5.41) is 2.63. The van der Waals surface area contributed by atoms with Crippen LogP contribution < -0.4 is 4.74 Å². The third-order valence-electron chi connectivity index (χ3n) is 3.78. The monoisotopic (exact) mass is 291 g/mol. The zero-order valence-corrected chi connectivity index (χ0v) is 12.6. The second-order valence-electron chi connectivity index (χ2n) is 4.98. The average molecular weight is 291 g/mol. The number of benzene rings is 3. The van der Waals surface area contributed by atoms with Crippen LogP contribution in [0.1, 0.15) is 0 Å². The number of fused-ring (bicyclic) bond motifs is 3. The van der Waals surface area contributed by atoms with E-state index >= 15 is 0 Å². The fourth-order valence-corrected chi connectivity index (χ4v) is 5.20. The molecule has 0 aliphatic carbocycles.